The third-order valence-electron chi connectivity index (χ3n) is 3.19. The summed E-state index contributed by atoms with van der Waals surface area (Å²) in [5, 5.41) is 21.8. The number of nitro benzene ring substituents is 2. The second kappa shape index (κ2) is 6.73. The molecule has 0 saturated heterocycles. The van der Waals surface area contributed by atoms with Crippen LogP contribution >= 0.6 is 0 Å². The maximum Gasteiger partial charge on any atom is 0.343 e. The lowest BCUT2D eigenvalue weighted by molar-refractivity contribution is -0.385. The van der Waals surface area contributed by atoms with E-state index in [0.717, 1.165) is 6.07 Å². The molecular formula is C15H12N2O7. The first-order valence-corrected chi connectivity index (χ1v) is 6.63. The maximum absolute atomic E-state index is 12.1. The van der Waals surface area contributed by atoms with Crippen molar-refractivity contribution in [2.45, 2.75) is 6.92 Å². The van der Waals surface area contributed by atoms with E-state index in [-0.39, 0.29) is 28.3 Å². The quantitative estimate of drug-likeness (QED) is 0.357. The number of rotatable bonds is 5. The van der Waals surface area contributed by atoms with Gasteiger partial charge in [-0.25, -0.2) is 4.79 Å². The van der Waals surface area contributed by atoms with Gasteiger partial charge in [0.15, 0.2) is 0 Å². The molecule has 2 rings (SSSR count). The average molecular weight is 332 g/mol. The Labute approximate surface area is 135 Å². The van der Waals surface area contributed by atoms with Gasteiger partial charge in [0.05, 0.1) is 28.6 Å². The average Bonchev–Trinajstić information content (AvgIpc) is 2.54. The van der Waals surface area contributed by atoms with Crippen LogP contribution in [-0.2, 0) is 0 Å². The minimum atomic E-state index is -0.860. The minimum Gasteiger partial charge on any atom is -0.496 e. The van der Waals surface area contributed by atoms with Crippen LogP contribution in [0.15, 0.2) is 36.4 Å². The Hall–Kier alpha value is -3.49. The fourth-order valence-electron chi connectivity index (χ4n) is 2.00. The fraction of sp³-hybridized carbons (Fsp3) is 0.133. The molecule has 0 N–H and O–H groups in total. The lowest BCUT2D eigenvalue weighted by Crippen LogP contribution is -2.10. The van der Waals surface area contributed by atoms with Crippen LogP contribution in [0.5, 0.6) is 11.5 Å². The van der Waals surface area contributed by atoms with Crippen molar-refractivity contribution in [1.29, 1.82) is 0 Å². The van der Waals surface area contributed by atoms with Crippen molar-refractivity contribution in [2.24, 2.45) is 0 Å². The van der Waals surface area contributed by atoms with E-state index in [1.54, 1.807) is 0 Å². The van der Waals surface area contributed by atoms with Gasteiger partial charge in [0, 0.05) is 11.6 Å². The molecule has 9 nitrogen and oxygen atoms in total. The van der Waals surface area contributed by atoms with Gasteiger partial charge < -0.3 is 9.47 Å². The highest BCUT2D eigenvalue weighted by Gasteiger charge is 2.21. The van der Waals surface area contributed by atoms with Gasteiger partial charge in [0.2, 0.25) is 5.75 Å². The number of nitro groups is 2. The van der Waals surface area contributed by atoms with Crippen molar-refractivity contribution in [3.63, 3.8) is 0 Å². The highest BCUT2D eigenvalue weighted by atomic mass is 16.6. The molecule has 0 aliphatic rings. The third-order valence-corrected chi connectivity index (χ3v) is 3.19. The Bertz CT molecular complexity index is 833. The molecule has 2 aromatic carbocycles. The Morgan fingerprint density at radius 3 is 2.21 bits per heavy atom. The Morgan fingerprint density at radius 1 is 1.00 bits per heavy atom. The van der Waals surface area contributed by atoms with Crippen LogP contribution < -0.4 is 9.47 Å². The molecular weight excluding hydrogens is 320 g/mol. The predicted molar refractivity (Wildman–Crippen MR) is 82.4 cm³/mol. The van der Waals surface area contributed by atoms with Crippen molar-refractivity contribution < 1.29 is 24.1 Å². The van der Waals surface area contributed by atoms with Crippen LogP contribution in [0, 0.1) is 27.2 Å². The number of esters is 1. The summed E-state index contributed by atoms with van der Waals surface area (Å²) in [4.78, 5) is 32.7. The summed E-state index contributed by atoms with van der Waals surface area (Å²) in [6.07, 6.45) is 0. The normalized spacial score (nSPS) is 10.1. The summed E-state index contributed by atoms with van der Waals surface area (Å²) in [5.74, 6) is -0.865. The maximum atomic E-state index is 12.1. The van der Waals surface area contributed by atoms with Gasteiger partial charge in [0.1, 0.15) is 5.75 Å². The number of carbonyl (C=O) groups is 1. The van der Waals surface area contributed by atoms with Crippen LogP contribution in [0.3, 0.4) is 0 Å². The summed E-state index contributed by atoms with van der Waals surface area (Å²) in [6, 6.07) is 7.47. The molecule has 0 radical (unpaired) electrons. The molecule has 0 aliphatic heterocycles. The van der Waals surface area contributed by atoms with Crippen LogP contribution in [-0.4, -0.2) is 22.9 Å². The Kier molecular flexibility index (Phi) is 4.73. The second-order valence-corrected chi connectivity index (χ2v) is 4.74. The van der Waals surface area contributed by atoms with Crippen LogP contribution in [0.1, 0.15) is 15.9 Å². The highest BCUT2D eigenvalue weighted by molar-refractivity contribution is 5.92. The predicted octanol–water partition coefficient (Wildman–Crippen LogP) is 3.04. The van der Waals surface area contributed by atoms with E-state index < -0.39 is 21.5 Å². The first-order chi connectivity index (χ1) is 11.3. The molecule has 0 aromatic heterocycles. The summed E-state index contributed by atoms with van der Waals surface area (Å²) in [5.41, 5.74) is -0.245. The Morgan fingerprint density at radius 2 is 1.67 bits per heavy atom. The number of carbonyl (C=O) groups excluding carboxylic acids is 1. The first kappa shape index (κ1) is 16.9. The SMILES string of the molecule is COc1ccc(OC(=O)c2ccc([N+](=O)[O-])c(C)c2)c([N+](=O)[O-])c1. The molecule has 124 valence electrons. The molecule has 0 unspecified atom stereocenters. The van der Waals surface area contributed by atoms with E-state index in [1.807, 2.05) is 0 Å². The molecule has 0 saturated carbocycles. The second-order valence-electron chi connectivity index (χ2n) is 4.74. The molecule has 0 heterocycles. The topological polar surface area (TPSA) is 122 Å². The van der Waals surface area contributed by atoms with Gasteiger partial charge in [-0.3, -0.25) is 20.2 Å². The number of hydrogen-bond donors (Lipinski definition) is 0. The molecule has 0 spiro atoms. The van der Waals surface area contributed by atoms with Gasteiger partial charge in [-0.05, 0) is 31.2 Å². The van der Waals surface area contributed by atoms with Gasteiger partial charge in [-0.15, -0.1) is 0 Å². The number of benzene rings is 2. The number of ether oxygens (including phenoxy) is 2. The molecule has 0 aliphatic carbocycles. The summed E-state index contributed by atoms with van der Waals surface area (Å²) in [6.45, 7) is 1.48. The third kappa shape index (κ3) is 3.46. The zero-order chi connectivity index (χ0) is 17.9. The van der Waals surface area contributed by atoms with E-state index in [2.05, 4.69) is 0 Å². The van der Waals surface area contributed by atoms with Crippen molar-refractivity contribution in [1.82, 2.24) is 0 Å². The van der Waals surface area contributed by atoms with Gasteiger partial charge >= 0.3 is 11.7 Å². The van der Waals surface area contributed by atoms with E-state index in [4.69, 9.17) is 9.47 Å². The molecule has 0 fully saturated rings. The highest BCUT2D eigenvalue weighted by Crippen LogP contribution is 2.31. The van der Waals surface area contributed by atoms with Crippen molar-refractivity contribution in [3.05, 3.63) is 67.8 Å². The molecule has 0 bridgehead atoms. The first-order valence-electron chi connectivity index (χ1n) is 6.63. The van der Waals surface area contributed by atoms with Crippen molar-refractivity contribution in [2.75, 3.05) is 7.11 Å². The molecule has 2 aromatic rings. The number of hydrogen-bond acceptors (Lipinski definition) is 7. The van der Waals surface area contributed by atoms with Crippen molar-refractivity contribution >= 4 is 17.3 Å². The van der Waals surface area contributed by atoms with Gasteiger partial charge in [0.25, 0.3) is 5.69 Å². The van der Waals surface area contributed by atoms with Crippen molar-refractivity contribution in [3.8, 4) is 11.5 Å². The van der Waals surface area contributed by atoms with Crippen LogP contribution in [0.25, 0.3) is 0 Å². The summed E-state index contributed by atoms with van der Waals surface area (Å²) >= 11 is 0. The monoisotopic (exact) mass is 332 g/mol. The number of aryl methyl sites for hydroxylation is 1. The standard InChI is InChI=1S/C15H12N2O7/c1-9-7-10(3-5-12(9)16(19)20)15(18)24-14-6-4-11(23-2)8-13(14)17(21)22/h3-8H,1-2H3. The van der Waals surface area contributed by atoms with Gasteiger partial charge in [-0.1, -0.05) is 0 Å². The fourth-order valence-corrected chi connectivity index (χ4v) is 2.00. The van der Waals surface area contributed by atoms with E-state index >= 15 is 0 Å². The minimum absolute atomic E-state index is 0.0446. The number of nitrogens with zero attached hydrogens (tertiary/aromatic N) is 2. The molecule has 0 atom stereocenters. The zero-order valence-corrected chi connectivity index (χ0v) is 12.7. The summed E-state index contributed by atoms with van der Waals surface area (Å²) in [7, 11) is 1.35. The lowest BCUT2D eigenvalue weighted by Gasteiger charge is -2.07. The molecule has 0 amide bonds. The lowest BCUT2D eigenvalue weighted by atomic mass is 10.1. The van der Waals surface area contributed by atoms with E-state index in [1.165, 1.54) is 44.4 Å². The van der Waals surface area contributed by atoms with E-state index in [9.17, 15) is 25.0 Å². The molecule has 24 heavy (non-hydrogen) atoms. The van der Waals surface area contributed by atoms with Gasteiger partial charge in [-0.2, -0.15) is 0 Å². The number of methoxy groups -OCH3 is 1. The van der Waals surface area contributed by atoms with Crippen LogP contribution in [0.4, 0.5) is 11.4 Å². The largest absolute Gasteiger partial charge is 0.496 e. The smallest absolute Gasteiger partial charge is 0.343 e. The van der Waals surface area contributed by atoms with E-state index in [0.29, 0.717) is 0 Å². The zero-order valence-electron chi connectivity index (χ0n) is 12.7. The Balaban J connectivity index is 2.31. The van der Waals surface area contributed by atoms with Crippen LogP contribution in [0.2, 0.25) is 0 Å². The molecule has 9 heteroatoms. The summed E-state index contributed by atoms with van der Waals surface area (Å²) < 4.78 is 9.93.